The maximum absolute atomic E-state index is 12.9. The number of carbonyl (C=O) groups excluding carboxylic acids is 2. The topological polar surface area (TPSA) is 94.9 Å². The number of amides is 2. The lowest BCUT2D eigenvalue weighted by atomic mass is 9.96. The largest absolute Gasteiger partial charge is 0.485 e. The summed E-state index contributed by atoms with van der Waals surface area (Å²) in [6.45, 7) is 3.44. The van der Waals surface area contributed by atoms with E-state index in [1.165, 1.54) is 4.88 Å². The number of benzene rings is 1. The molecule has 0 unspecified atom stereocenters. The number of piperazine rings is 1. The van der Waals surface area contributed by atoms with E-state index in [1.807, 2.05) is 29.2 Å². The number of anilines is 1. The Kier molecular flexibility index (Phi) is 6.70. The first-order valence-electron chi connectivity index (χ1n) is 11.9. The molecule has 0 saturated carbocycles. The highest BCUT2D eigenvalue weighted by Gasteiger charge is 2.32. The SMILES string of the molecule is N#Cc1c(NC(=O)CCN2CCN(C(=O)[C@H]3COc4ccccc4O3)CC2)sc2c1CCCC2. The van der Waals surface area contributed by atoms with E-state index in [4.69, 9.17) is 9.47 Å². The van der Waals surface area contributed by atoms with Crippen molar-refractivity contribution in [3.05, 3.63) is 40.3 Å². The number of hydrogen-bond donors (Lipinski definition) is 1. The Balaban J connectivity index is 1.08. The number of aryl methyl sites for hydroxylation is 1. The number of carbonyl (C=O) groups is 2. The van der Waals surface area contributed by atoms with Crippen molar-refractivity contribution in [3.8, 4) is 17.6 Å². The van der Waals surface area contributed by atoms with Gasteiger partial charge in [0.05, 0.1) is 5.56 Å². The molecule has 178 valence electrons. The van der Waals surface area contributed by atoms with E-state index in [0.717, 1.165) is 31.2 Å². The van der Waals surface area contributed by atoms with Gasteiger partial charge in [0.1, 0.15) is 17.7 Å². The molecule has 1 aromatic heterocycles. The number of fused-ring (bicyclic) bond motifs is 2. The van der Waals surface area contributed by atoms with Gasteiger partial charge in [-0.1, -0.05) is 12.1 Å². The Labute approximate surface area is 203 Å². The molecule has 0 bridgehead atoms. The fourth-order valence-corrected chi connectivity index (χ4v) is 6.01. The highest BCUT2D eigenvalue weighted by molar-refractivity contribution is 7.16. The lowest BCUT2D eigenvalue weighted by molar-refractivity contribution is -0.143. The van der Waals surface area contributed by atoms with Gasteiger partial charge in [-0.15, -0.1) is 11.3 Å². The Bertz CT molecular complexity index is 1120. The van der Waals surface area contributed by atoms with Gasteiger partial charge in [-0.25, -0.2) is 0 Å². The number of thiophene rings is 1. The van der Waals surface area contributed by atoms with Crippen LogP contribution in [0, 0.1) is 11.3 Å². The van der Waals surface area contributed by atoms with Crippen LogP contribution in [0.3, 0.4) is 0 Å². The van der Waals surface area contributed by atoms with Crippen LogP contribution in [0.5, 0.6) is 11.5 Å². The highest BCUT2D eigenvalue weighted by Crippen LogP contribution is 2.37. The average molecular weight is 481 g/mol. The molecule has 9 heteroatoms. The molecule has 1 aromatic carbocycles. The molecule has 3 aliphatic rings. The van der Waals surface area contributed by atoms with Crippen LogP contribution in [0.1, 0.15) is 35.3 Å². The maximum Gasteiger partial charge on any atom is 0.267 e. The molecular formula is C25H28N4O4S. The standard InChI is InChI=1S/C25H28N4O4S/c26-15-18-17-5-1-4-8-22(17)34-24(18)27-23(30)9-10-28-11-13-29(14-12-28)25(31)21-16-32-19-6-2-3-7-20(19)33-21/h2-3,6-7,21H,1,4-5,8-14,16H2,(H,27,30)/t21-/m1/s1. The summed E-state index contributed by atoms with van der Waals surface area (Å²) in [5, 5.41) is 13.2. The number of nitriles is 1. The van der Waals surface area contributed by atoms with Gasteiger partial charge in [-0.2, -0.15) is 5.26 Å². The molecule has 1 atom stereocenters. The van der Waals surface area contributed by atoms with Crippen LogP contribution >= 0.6 is 11.3 Å². The van der Waals surface area contributed by atoms with E-state index in [0.29, 0.717) is 61.2 Å². The molecule has 2 amide bonds. The highest BCUT2D eigenvalue weighted by atomic mass is 32.1. The summed E-state index contributed by atoms with van der Waals surface area (Å²) < 4.78 is 11.5. The second kappa shape index (κ2) is 10.0. The molecule has 5 rings (SSSR count). The van der Waals surface area contributed by atoms with Gasteiger partial charge in [-0.05, 0) is 43.4 Å². The van der Waals surface area contributed by atoms with Crippen LogP contribution in [0.25, 0.3) is 0 Å². The molecule has 1 saturated heterocycles. The van der Waals surface area contributed by atoms with Crippen LogP contribution in [0.4, 0.5) is 5.00 Å². The molecule has 3 heterocycles. The lowest BCUT2D eigenvalue weighted by Crippen LogP contribution is -2.54. The zero-order valence-corrected chi connectivity index (χ0v) is 19.9. The monoisotopic (exact) mass is 480 g/mol. The normalized spacial score (nSPS) is 19.7. The molecular weight excluding hydrogens is 452 g/mol. The van der Waals surface area contributed by atoms with Crippen molar-refractivity contribution in [2.75, 3.05) is 44.6 Å². The third-order valence-corrected chi connectivity index (χ3v) is 7.87. The summed E-state index contributed by atoms with van der Waals surface area (Å²) in [7, 11) is 0. The predicted molar refractivity (Wildman–Crippen MR) is 128 cm³/mol. The fourth-order valence-electron chi connectivity index (χ4n) is 4.76. The van der Waals surface area contributed by atoms with Crippen molar-refractivity contribution in [2.24, 2.45) is 0 Å². The van der Waals surface area contributed by atoms with Gasteiger partial charge < -0.3 is 19.7 Å². The van der Waals surface area contributed by atoms with E-state index in [9.17, 15) is 14.9 Å². The van der Waals surface area contributed by atoms with Gasteiger partial charge in [0.2, 0.25) is 12.0 Å². The minimum absolute atomic E-state index is 0.0578. The van der Waals surface area contributed by atoms with Crippen molar-refractivity contribution in [3.63, 3.8) is 0 Å². The Morgan fingerprint density at radius 3 is 2.68 bits per heavy atom. The number of para-hydroxylation sites is 2. The summed E-state index contributed by atoms with van der Waals surface area (Å²) in [6, 6.07) is 9.67. The molecule has 8 nitrogen and oxygen atoms in total. The summed E-state index contributed by atoms with van der Waals surface area (Å²) >= 11 is 1.55. The van der Waals surface area contributed by atoms with Gasteiger partial charge in [0.25, 0.3) is 5.91 Å². The third-order valence-electron chi connectivity index (χ3n) is 6.66. The third kappa shape index (κ3) is 4.74. The first kappa shape index (κ1) is 22.7. The lowest BCUT2D eigenvalue weighted by Gasteiger charge is -2.37. The van der Waals surface area contributed by atoms with Crippen LogP contribution in [-0.4, -0.2) is 67.0 Å². The molecule has 1 aliphatic carbocycles. The van der Waals surface area contributed by atoms with E-state index < -0.39 is 6.10 Å². The minimum Gasteiger partial charge on any atom is -0.485 e. The molecule has 2 aromatic rings. The van der Waals surface area contributed by atoms with Crippen LogP contribution in [0.15, 0.2) is 24.3 Å². The van der Waals surface area contributed by atoms with Crippen molar-refractivity contribution in [2.45, 2.75) is 38.2 Å². The van der Waals surface area contributed by atoms with E-state index in [1.54, 1.807) is 11.3 Å². The fraction of sp³-hybridized carbons (Fsp3) is 0.480. The molecule has 1 fully saturated rings. The first-order chi connectivity index (χ1) is 16.6. The summed E-state index contributed by atoms with van der Waals surface area (Å²) in [6.07, 6.45) is 3.91. The van der Waals surface area contributed by atoms with Gasteiger partial charge in [0.15, 0.2) is 11.5 Å². The van der Waals surface area contributed by atoms with E-state index in [-0.39, 0.29) is 18.4 Å². The zero-order valence-electron chi connectivity index (χ0n) is 19.0. The summed E-state index contributed by atoms with van der Waals surface area (Å²) in [5.41, 5.74) is 1.78. The summed E-state index contributed by atoms with van der Waals surface area (Å²) in [5.74, 6) is 1.14. The number of nitrogens with one attached hydrogen (secondary N) is 1. The van der Waals surface area contributed by atoms with Crippen molar-refractivity contribution >= 4 is 28.2 Å². The van der Waals surface area contributed by atoms with Crippen LogP contribution in [0.2, 0.25) is 0 Å². The van der Waals surface area contributed by atoms with E-state index >= 15 is 0 Å². The molecule has 34 heavy (non-hydrogen) atoms. The Morgan fingerprint density at radius 2 is 1.88 bits per heavy atom. The Morgan fingerprint density at radius 1 is 1.12 bits per heavy atom. The van der Waals surface area contributed by atoms with Crippen LogP contribution < -0.4 is 14.8 Å². The second-order valence-electron chi connectivity index (χ2n) is 8.86. The average Bonchev–Trinajstić information content (AvgIpc) is 3.23. The molecule has 2 aliphatic heterocycles. The van der Waals surface area contributed by atoms with Gasteiger partial charge in [-0.3, -0.25) is 14.5 Å². The smallest absolute Gasteiger partial charge is 0.267 e. The number of hydrogen-bond acceptors (Lipinski definition) is 7. The van der Waals surface area contributed by atoms with Crippen molar-refractivity contribution in [1.29, 1.82) is 5.26 Å². The second-order valence-corrected chi connectivity index (χ2v) is 9.96. The maximum atomic E-state index is 12.9. The van der Waals surface area contributed by atoms with Gasteiger partial charge >= 0.3 is 0 Å². The minimum atomic E-state index is -0.627. The van der Waals surface area contributed by atoms with Gasteiger partial charge in [0, 0.05) is 44.0 Å². The Hall–Kier alpha value is -3.09. The van der Waals surface area contributed by atoms with Crippen molar-refractivity contribution < 1.29 is 19.1 Å². The molecule has 0 radical (unpaired) electrons. The quantitative estimate of drug-likeness (QED) is 0.707. The predicted octanol–water partition coefficient (Wildman–Crippen LogP) is 2.81. The number of nitrogens with zero attached hydrogens (tertiary/aromatic N) is 3. The number of ether oxygens (including phenoxy) is 2. The zero-order chi connectivity index (χ0) is 23.5. The van der Waals surface area contributed by atoms with Crippen molar-refractivity contribution in [1.82, 2.24) is 9.80 Å². The molecule has 0 spiro atoms. The summed E-state index contributed by atoms with van der Waals surface area (Å²) in [4.78, 5) is 30.7. The number of rotatable bonds is 5. The van der Waals surface area contributed by atoms with Crippen LogP contribution in [-0.2, 0) is 22.4 Å². The van der Waals surface area contributed by atoms with E-state index in [2.05, 4.69) is 16.3 Å². The molecule has 1 N–H and O–H groups in total. The first-order valence-corrected chi connectivity index (χ1v) is 12.7.